The summed E-state index contributed by atoms with van der Waals surface area (Å²) in [6.07, 6.45) is 3.51. The van der Waals surface area contributed by atoms with E-state index in [1.54, 1.807) is 7.05 Å². The molecule has 0 fully saturated rings. The molecule has 1 aliphatic heterocycles. The van der Waals surface area contributed by atoms with Gasteiger partial charge in [-0.1, -0.05) is 6.08 Å². The van der Waals surface area contributed by atoms with Crippen LogP contribution in [0.25, 0.3) is 0 Å². The predicted octanol–water partition coefficient (Wildman–Crippen LogP) is 0.478. The van der Waals surface area contributed by atoms with Gasteiger partial charge in [-0.05, 0) is 18.7 Å². The number of aldehydes is 1. The van der Waals surface area contributed by atoms with Gasteiger partial charge in [-0.3, -0.25) is 5.01 Å². The van der Waals surface area contributed by atoms with Gasteiger partial charge in [0.2, 0.25) is 0 Å². The number of hydrogen-bond acceptors (Lipinski definition) is 4. The summed E-state index contributed by atoms with van der Waals surface area (Å²) in [5, 5.41) is 5.71. The summed E-state index contributed by atoms with van der Waals surface area (Å²) in [5.41, 5.74) is 1.02. The highest BCUT2D eigenvalue weighted by molar-refractivity contribution is 6.00. The Morgan fingerprint density at radius 3 is 3.13 bits per heavy atom. The lowest BCUT2D eigenvalue weighted by Gasteiger charge is -2.15. The second-order valence-corrected chi connectivity index (χ2v) is 3.14. The molecule has 0 aromatic rings. The molecule has 0 saturated carbocycles. The van der Waals surface area contributed by atoms with Gasteiger partial charge in [0.25, 0.3) is 0 Å². The molecule has 0 amide bonds. The van der Waals surface area contributed by atoms with Crippen molar-refractivity contribution in [2.45, 2.75) is 6.42 Å². The number of aliphatic imine (C=N–C) groups is 1. The Bertz CT molecular complexity index is 297. The molecule has 5 nitrogen and oxygen atoms in total. The van der Waals surface area contributed by atoms with Crippen LogP contribution in [0.2, 0.25) is 0 Å². The Balaban J connectivity index is 2.72. The van der Waals surface area contributed by atoms with Crippen LogP contribution < -0.4 is 0 Å². The van der Waals surface area contributed by atoms with Crippen LogP contribution in [0.15, 0.2) is 21.7 Å². The molecular weight excluding hydrogens is 194 g/mol. The third kappa shape index (κ3) is 3.63. The lowest BCUT2D eigenvalue weighted by atomic mass is 10.1. The molecule has 5 heteroatoms. The van der Waals surface area contributed by atoms with Crippen LogP contribution in [0, 0.1) is 0 Å². The maximum Gasteiger partial charge on any atom is 0.174 e. The number of carbonyl (C=O) groups is 1. The first kappa shape index (κ1) is 11.6. The fourth-order valence-electron chi connectivity index (χ4n) is 1.24. The van der Waals surface area contributed by atoms with Crippen molar-refractivity contribution >= 4 is 18.8 Å². The average Bonchev–Trinajstić information content (AvgIpc) is 2.27. The second kappa shape index (κ2) is 6.08. The highest BCUT2D eigenvalue weighted by Gasteiger charge is 2.09. The molecule has 0 N–H and O–H groups in total. The van der Waals surface area contributed by atoms with E-state index >= 15 is 0 Å². The molecule has 0 aromatic carbocycles. The minimum absolute atomic E-state index is 0.253. The van der Waals surface area contributed by atoms with Gasteiger partial charge in [0.15, 0.2) is 5.84 Å². The number of amidine groups is 1. The summed E-state index contributed by atoms with van der Waals surface area (Å²) in [4.78, 5) is 14.1. The summed E-state index contributed by atoms with van der Waals surface area (Å²) in [6.45, 7) is 4.99. The first-order chi connectivity index (χ1) is 7.27. The van der Waals surface area contributed by atoms with E-state index in [9.17, 15) is 4.79 Å². The number of likely N-dealkylation sites (N-methyl/N-ethyl adjacent to an activating group) is 1. The van der Waals surface area contributed by atoms with Crippen molar-refractivity contribution in [3.63, 3.8) is 0 Å². The van der Waals surface area contributed by atoms with Gasteiger partial charge < -0.3 is 9.53 Å². The number of hydrogen-bond donors (Lipinski definition) is 0. The van der Waals surface area contributed by atoms with E-state index in [0.717, 1.165) is 18.3 Å². The summed E-state index contributed by atoms with van der Waals surface area (Å²) < 4.78 is 5.18. The first-order valence-corrected chi connectivity index (χ1v) is 4.75. The smallest absolute Gasteiger partial charge is 0.174 e. The maximum atomic E-state index is 10.3. The van der Waals surface area contributed by atoms with E-state index in [0.29, 0.717) is 19.0 Å². The lowest BCUT2D eigenvalue weighted by molar-refractivity contribution is -0.108. The van der Waals surface area contributed by atoms with Crippen molar-refractivity contribution in [1.29, 1.82) is 0 Å². The van der Waals surface area contributed by atoms with E-state index in [2.05, 4.69) is 16.8 Å². The lowest BCUT2D eigenvalue weighted by Crippen LogP contribution is -2.18. The molecule has 1 rings (SSSR count). The Morgan fingerprint density at radius 1 is 1.80 bits per heavy atom. The van der Waals surface area contributed by atoms with Gasteiger partial charge in [-0.2, -0.15) is 5.10 Å². The van der Waals surface area contributed by atoms with Crippen LogP contribution in [0.1, 0.15) is 6.42 Å². The standard InChI is InChI=1S/C10H15N3O2/c1-11-10(12-13(2)5-6-14)9-3-7-15-8-4-9/h3,6H,1,4-5,7-8H2,2H3/b12-10-. The van der Waals surface area contributed by atoms with Crippen LogP contribution >= 0.6 is 0 Å². The molecule has 0 spiro atoms. The molecule has 0 bridgehead atoms. The molecule has 15 heavy (non-hydrogen) atoms. The van der Waals surface area contributed by atoms with Crippen LogP contribution in [0.3, 0.4) is 0 Å². The summed E-state index contributed by atoms with van der Waals surface area (Å²) >= 11 is 0. The molecule has 0 atom stereocenters. The minimum Gasteiger partial charge on any atom is -0.377 e. The molecule has 1 aliphatic rings. The highest BCUT2D eigenvalue weighted by atomic mass is 16.5. The van der Waals surface area contributed by atoms with Crippen LogP contribution in [0.5, 0.6) is 0 Å². The van der Waals surface area contributed by atoms with Crippen LogP contribution in [-0.2, 0) is 9.53 Å². The van der Waals surface area contributed by atoms with Crippen LogP contribution in [-0.4, -0.2) is 50.7 Å². The number of hydrazone groups is 1. The predicted molar refractivity (Wildman–Crippen MR) is 59.2 cm³/mol. The van der Waals surface area contributed by atoms with E-state index in [1.807, 2.05) is 6.08 Å². The molecule has 0 radical (unpaired) electrons. The third-order valence-electron chi connectivity index (χ3n) is 2.00. The van der Waals surface area contributed by atoms with E-state index in [1.165, 1.54) is 5.01 Å². The van der Waals surface area contributed by atoms with Crippen molar-refractivity contribution in [2.24, 2.45) is 10.1 Å². The highest BCUT2D eigenvalue weighted by Crippen LogP contribution is 2.11. The minimum atomic E-state index is 0.253. The van der Waals surface area contributed by atoms with Gasteiger partial charge in [-0.25, -0.2) is 4.99 Å². The van der Waals surface area contributed by atoms with Crippen molar-refractivity contribution in [3.8, 4) is 0 Å². The number of rotatable bonds is 4. The van der Waals surface area contributed by atoms with E-state index in [-0.39, 0.29) is 6.54 Å². The fraction of sp³-hybridized carbons (Fsp3) is 0.500. The average molecular weight is 209 g/mol. The summed E-state index contributed by atoms with van der Waals surface area (Å²) in [7, 11) is 1.72. The third-order valence-corrected chi connectivity index (χ3v) is 2.00. The Labute approximate surface area is 89.1 Å². The van der Waals surface area contributed by atoms with Gasteiger partial charge in [0.1, 0.15) is 6.29 Å². The monoisotopic (exact) mass is 209 g/mol. The quantitative estimate of drug-likeness (QED) is 0.293. The topological polar surface area (TPSA) is 54.3 Å². The number of ether oxygens (including phenoxy) is 1. The first-order valence-electron chi connectivity index (χ1n) is 4.75. The van der Waals surface area contributed by atoms with Gasteiger partial charge >= 0.3 is 0 Å². The zero-order chi connectivity index (χ0) is 11.1. The Kier molecular flexibility index (Phi) is 4.70. The SMILES string of the molecule is C=N/C(=N\N(C)CC=O)C1=CCOCC1. The zero-order valence-electron chi connectivity index (χ0n) is 8.85. The number of carbonyl (C=O) groups excluding carboxylic acids is 1. The van der Waals surface area contributed by atoms with Gasteiger partial charge in [0, 0.05) is 7.05 Å². The molecule has 1 heterocycles. The Morgan fingerprint density at radius 2 is 2.60 bits per heavy atom. The largest absolute Gasteiger partial charge is 0.377 e. The van der Waals surface area contributed by atoms with Crippen LogP contribution in [0.4, 0.5) is 0 Å². The van der Waals surface area contributed by atoms with Crippen molar-refractivity contribution < 1.29 is 9.53 Å². The normalized spacial score (nSPS) is 16.9. The molecule has 0 aromatic heterocycles. The van der Waals surface area contributed by atoms with Gasteiger partial charge in [-0.15, -0.1) is 0 Å². The summed E-state index contributed by atoms with van der Waals surface area (Å²) in [6, 6.07) is 0. The van der Waals surface area contributed by atoms with E-state index < -0.39 is 0 Å². The van der Waals surface area contributed by atoms with Gasteiger partial charge in [0.05, 0.1) is 19.8 Å². The fourth-order valence-corrected chi connectivity index (χ4v) is 1.24. The van der Waals surface area contributed by atoms with Crippen molar-refractivity contribution in [1.82, 2.24) is 5.01 Å². The van der Waals surface area contributed by atoms with Crippen molar-refractivity contribution in [2.75, 3.05) is 26.8 Å². The van der Waals surface area contributed by atoms with Crippen molar-refractivity contribution in [3.05, 3.63) is 11.6 Å². The summed E-state index contributed by atoms with van der Waals surface area (Å²) in [5.74, 6) is 0.572. The molecule has 0 unspecified atom stereocenters. The molecule has 82 valence electrons. The van der Waals surface area contributed by atoms with E-state index in [4.69, 9.17) is 4.74 Å². The molecule has 0 saturated heterocycles. The Hall–Kier alpha value is -1.49. The maximum absolute atomic E-state index is 10.3. The molecular formula is C10H15N3O2. The second-order valence-electron chi connectivity index (χ2n) is 3.14. The number of nitrogens with zero attached hydrogens (tertiary/aromatic N) is 3. The zero-order valence-corrected chi connectivity index (χ0v) is 8.85. The molecule has 0 aliphatic carbocycles.